The molecule has 386 valence electrons. The number of ether oxygens (including phenoxy) is 4. The van der Waals surface area contributed by atoms with E-state index in [-0.39, 0.29) is 13.2 Å². The van der Waals surface area contributed by atoms with Gasteiger partial charge in [-0.15, -0.1) is 0 Å². The van der Waals surface area contributed by atoms with E-state index in [0.29, 0.717) is 60.8 Å². The fraction of sp³-hybridized carbons (Fsp3) is 0.569. The van der Waals surface area contributed by atoms with E-state index >= 15 is 0 Å². The Kier molecular flexibility index (Phi) is 20.2. The Morgan fingerprint density at radius 1 is 0.831 bits per heavy atom. The number of rotatable bonds is 18. The van der Waals surface area contributed by atoms with Crippen LogP contribution in [0.15, 0.2) is 60.1 Å². The predicted octanol–water partition coefficient (Wildman–Crippen LogP) is 8.25. The Bertz CT molecular complexity index is 2540. The molecule has 6 heterocycles. The number of fused-ring (bicyclic) bond motifs is 2. The first-order chi connectivity index (χ1) is 34.2. The highest BCUT2D eigenvalue weighted by atomic mass is 16.6. The van der Waals surface area contributed by atoms with Crippen LogP contribution in [0.5, 0.6) is 0 Å². The van der Waals surface area contributed by atoms with E-state index in [1.165, 1.54) is 29.5 Å². The minimum atomic E-state index is -0.607. The summed E-state index contributed by atoms with van der Waals surface area (Å²) < 4.78 is 23.6. The van der Waals surface area contributed by atoms with Crippen LogP contribution in [0.4, 0.5) is 28.6 Å². The lowest BCUT2D eigenvalue weighted by molar-refractivity contribution is -0.129. The Morgan fingerprint density at radius 2 is 1.38 bits per heavy atom. The number of nitrogens with zero attached hydrogens (tertiary/aromatic N) is 8. The number of unbranched alkanes of at least 4 members (excludes halogenated alkanes) is 1. The fourth-order valence-electron chi connectivity index (χ4n) is 8.04. The predicted molar refractivity (Wildman–Crippen MR) is 277 cm³/mol. The summed E-state index contributed by atoms with van der Waals surface area (Å²) >= 11 is 0. The van der Waals surface area contributed by atoms with Crippen molar-refractivity contribution in [2.75, 3.05) is 61.0 Å². The first-order valence-electron chi connectivity index (χ1n) is 25.1. The number of carbonyl (C=O) groups is 2. The standard InChI is InChI=1S/C24H34N6O.C20H29N7O.C7H13NO4/c1-4-5-7-18-8-6-9-19(14-18)15-25-24-29-23(27-20-10-12-31-13-11-20)28-22-21(17(2)3)16-26-30(22)24;1-13(2)17-12-23-27-18(17)25-19(24-16-6-8-28-9-7-16)26-20(27)22-11-14-4-3-5-15(21)10-14;1-7(2,3)12-6(10)8-4-11-5-9/h6,8-9,14,16-17,20H,4-5,7,10-13,15H2,1-3H3,(H2,25,27,28,29);5,10,12-13,16H,3-4,6-9,11,21H2,1-2H3,(H2,22,24,25,26);5H,4H2,1-3H3,(H,8,10). The van der Waals surface area contributed by atoms with Crippen molar-refractivity contribution in [1.82, 2.24) is 44.5 Å². The maximum absolute atomic E-state index is 10.8. The second-order valence-corrected chi connectivity index (χ2v) is 19.5. The van der Waals surface area contributed by atoms with Gasteiger partial charge in [0.25, 0.3) is 6.47 Å². The number of hydrogen-bond acceptors (Lipinski definition) is 17. The van der Waals surface area contributed by atoms with Crippen LogP contribution in [-0.4, -0.2) is 109 Å². The molecule has 4 aromatic heterocycles. The molecule has 3 aliphatic rings. The lowest BCUT2D eigenvalue weighted by Crippen LogP contribution is -2.33. The van der Waals surface area contributed by atoms with Gasteiger partial charge in [0.2, 0.25) is 23.8 Å². The number of alkyl carbamates (subject to hydrolysis) is 1. The van der Waals surface area contributed by atoms with Crippen molar-refractivity contribution in [3.8, 4) is 0 Å². The smallest absolute Gasteiger partial charge is 0.410 e. The number of hydrogen-bond donors (Lipinski definition) is 6. The number of nitrogens with one attached hydrogen (secondary N) is 5. The van der Waals surface area contributed by atoms with E-state index in [2.05, 4.69) is 106 Å². The molecule has 20 nitrogen and oxygen atoms in total. The van der Waals surface area contributed by atoms with Crippen molar-refractivity contribution in [1.29, 1.82) is 0 Å². The molecule has 1 aromatic carbocycles. The van der Waals surface area contributed by atoms with E-state index in [4.69, 9.17) is 39.9 Å². The van der Waals surface area contributed by atoms with Crippen molar-refractivity contribution in [2.45, 2.75) is 149 Å². The highest BCUT2D eigenvalue weighted by Gasteiger charge is 2.21. The molecule has 5 aromatic rings. The van der Waals surface area contributed by atoms with Gasteiger partial charge in [0, 0.05) is 68.4 Å². The molecule has 0 bridgehead atoms. The lowest BCUT2D eigenvalue weighted by Gasteiger charge is -2.23. The zero-order valence-corrected chi connectivity index (χ0v) is 42.9. The van der Waals surface area contributed by atoms with Crippen LogP contribution in [0.3, 0.4) is 0 Å². The van der Waals surface area contributed by atoms with Gasteiger partial charge in [-0.3, -0.25) is 10.1 Å². The molecule has 20 heteroatoms. The number of amides is 1. The molecule has 0 radical (unpaired) electrons. The minimum absolute atomic E-state index is 0.168. The summed E-state index contributed by atoms with van der Waals surface area (Å²) in [6.07, 6.45) is 16.7. The van der Waals surface area contributed by atoms with Crippen molar-refractivity contribution in [2.24, 2.45) is 5.73 Å². The monoisotopic (exact) mass is 981 g/mol. The zero-order chi connectivity index (χ0) is 50.8. The van der Waals surface area contributed by atoms with Crippen molar-refractivity contribution < 1.29 is 28.5 Å². The molecule has 0 unspecified atom stereocenters. The Labute approximate surface area is 417 Å². The third-order valence-electron chi connectivity index (χ3n) is 11.9. The average molecular weight is 981 g/mol. The number of nitrogens with two attached hydrogens (primary N) is 1. The average Bonchev–Trinajstić information content (AvgIpc) is 3.98. The normalized spacial score (nSPS) is 15.5. The van der Waals surface area contributed by atoms with Gasteiger partial charge in [-0.2, -0.15) is 39.2 Å². The van der Waals surface area contributed by atoms with E-state index in [9.17, 15) is 9.59 Å². The number of anilines is 4. The first kappa shape index (κ1) is 53.8. The summed E-state index contributed by atoms with van der Waals surface area (Å²) in [5, 5.41) is 25.3. The van der Waals surface area contributed by atoms with Gasteiger partial charge in [-0.25, -0.2) is 4.79 Å². The van der Waals surface area contributed by atoms with Crippen molar-refractivity contribution in [3.63, 3.8) is 0 Å². The van der Waals surface area contributed by atoms with Gasteiger partial charge in [0.15, 0.2) is 18.0 Å². The SMILES string of the molecule is CC(C)(C)OC(=O)NCOC=O.CC(C)c1cnn2c(NCC3=CC(N)=CCC3)nc(NC3CCOCC3)nc12.CCCCc1cccc(CNc2nc(NC3CCOCC3)nc3c(C(C)C)cnn23)c1. The van der Waals surface area contributed by atoms with Gasteiger partial charge in [-0.05, 0) is 107 Å². The van der Waals surface area contributed by atoms with Gasteiger partial charge >= 0.3 is 6.09 Å². The summed E-state index contributed by atoms with van der Waals surface area (Å²) in [5.41, 5.74) is 14.1. The number of aryl methyl sites for hydroxylation is 1. The molecule has 2 saturated heterocycles. The molecule has 0 atom stereocenters. The minimum Gasteiger partial charge on any atom is -0.446 e. The maximum atomic E-state index is 10.8. The third-order valence-corrected chi connectivity index (χ3v) is 11.9. The van der Waals surface area contributed by atoms with Crippen LogP contribution in [0.2, 0.25) is 0 Å². The molecule has 8 rings (SSSR count). The third kappa shape index (κ3) is 16.8. The Morgan fingerprint density at radius 3 is 1.89 bits per heavy atom. The van der Waals surface area contributed by atoms with Crippen LogP contribution in [0.25, 0.3) is 11.3 Å². The highest BCUT2D eigenvalue weighted by Crippen LogP contribution is 2.26. The van der Waals surface area contributed by atoms with Gasteiger partial charge < -0.3 is 45.9 Å². The van der Waals surface area contributed by atoms with E-state index in [1.807, 2.05) is 23.0 Å². The van der Waals surface area contributed by atoms with E-state index < -0.39 is 11.7 Å². The molecule has 1 amide bonds. The van der Waals surface area contributed by atoms with Crippen LogP contribution in [0, 0.1) is 0 Å². The summed E-state index contributed by atoms with van der Waals surface area (Å²) in [6, 6.07) is 9.46. The van der Waals surface area contributed by atoms with E-state index in [1.54, 1.807) is 25.3 Å². The van der Waals surface area contributed by atoms with Crippen LogP contribution < -0.4 is 32.3 Å². The first-order valence-corrected chi connectivity index (χ1v) is 25.1. The second kappa shape index (κ2) is 26.6. The molecular formula is C51H76N14O6. The van der Waals surface area contributed by atoms with Crippen LogP contribution in [0.1, 0.15) is 141 Å². The van der Waals surface area contributed by atoms with Gasteiger partial charge in [0.05, 0.1) is 12.4 Å². The fourth-order valence-corrected chi connectivity index (χ4v) is 8.04. The number of aromatic nitrogens is 8. The molecule has 2 aliphatic heterocycles. The van der Waals surface area contributed by atoms with Crippen LogP contribution in [-0.2, 0) is 36.7 Å². The summed E-state index contributed by atoms with van der Waals surface area (Å²) in [6.45, 7) is 20.7. The Hall–Kier alpha value is -6.54. The topological polar surface area (TPSA) is 243 Å². The molecule has 2 fully saturated rings. The van der Waals surface area contributed by atoms with E-state index in [0.717, 1.165) is 99.5 Å². The number of allylic oxidation sites excluding steroid dienone is 2. The van der Waals surface area contributed by atoms with Gasteiger partial charge in [0.1, 0.15) is 5.60 Å². The summed E-state index contributed by atoms with van der Waals surface area (Å²) in [4.78, 5) is 39.6. The summed E-state index contributed by atoms with van der Waals surface area (Å²) in [5.74, 6) is 3.38. The second-order valence-electron chi connectivity index (χ2n) is 19.5. The molecule has 7 N–H and O–H groups in total. The van der Waals surface area contributed by atoms with Crippen molar-refractivity contribution >= 4 is 47.7 Å². The molecule has 1 aliphatic carbocycles. The molecule has 0 spiro atoms. The largest absolute Gasteiger partial charge is 0.446 e. The molecule has 71 heavy (non-hydrogen) atoms. The highest BCUT2D eigenvalue weighted by molar-refractivity contribution is 5.67. The van der Waals surface area contributed by atoms with Gasteiger partial charge in [-0.1, -0.05) is 71.4 Å². The van der Waals surface area contributed by atoms with Crippen LogP contribution >= 0.6 is 0 Å². The van der Waals surface area contributed by atoms with Crippen molar-refractivity contribution in [3.05, 3.63) is 82.3 Å². The number of benzene rings is 1. The maximum Gasteiger partial charge on any atom is 0.410 e. The zero-order valence-electron chi connectivity index (χ0n) is 42.9. The lowest BCUT2D eigenvalue weighted by atomic mass is 10.0. The number of carbonyl (C=O) groups excluding carboxylic acids is 2. The molecule has 0 saturated carbocycles. The Balaban J connectivity index is 0.000000191. The summed E-state index contributed by atoms with van der Waals surface area (Å²) in [7, 11) is 0. The molecular weight excluding hydrogens is 905 g/mol. The quantitative estimate of drug-likeness (QED) is 0.0275.